The van der Waals surface area contributed by atoms with Gasteiger partial charge in [-0.3, -0.25) is 13.9 Å². The lowest BCUT2D eigenvalue weighted by molar-refractivity contribution is -0.140. The van der Waals surface area contributed by atoms with Gasteiger partial charge in [0.2, 0.25) is 21.8 Å². The molecule has 0 bridgehead atoms. The molecule has 0 radical (unpaired) electrons. The number of carbonyl (C=O) groups is 2. The van der Waals surface area contributed by atoms with Gasteiger partial charge in [-0.25, -0.2) is 8.42 Å². The van der Waals surface area contributed by atoms with Crippen LogP contribution in [-0.2, 0) is 26.2 Å². The molecule has 0 saturated heterocycles. The van der Waals surface area contributed by atoms with Crippen molar-refractivity contribution in [1.29, 1.82) is 0 Å². The minimum Gasteiger partial charge on any atom is -0.350 e. The molecule has 0 aromatic heterocycles. The van der Waals surface area contributed by atoms with E-state index in [9.17, 15) is 18.0 Å². The van der Waals surface area contributed by atoms with Crippen LogP contribution in [0.4, 0.5) is 5.69 Å². The zero-order chi connectivity index (χ0) is 25.8. The maximum absolute atomic E-state index is 13.5. The molecule has 0 unspecified atom stereocenters. The maximum atomic E-state index is 13.5. The molecular formula is C24H31Cl2N3O4S. The summed E-state index contributed by atoms with van der Waals surface area (Å²) in [6.45, 7) is 8.68. The number of halogens is 2. The zero-order valence-corrected chi connectivity index (χ0v) is 22.6. The first-order chi connectivity index (χ1) is 15.6. The van der Waals surface area contributed by atoms with Crippen LogP contribution in [-0.4, -0.2) is 49.5 Å². The van der Waals surface area contributed by atoms with Crippen LogP contribution in [0.1, 0.15) is 38.8 Å². The first-order valence-corrected chi connectivity index (χ1v) is 13.3. The summed E-state index contributed by atoms with van der Waals surface area (Å²) in [6, 6.07) is 11.2. The minimum atomic E-state index is -3.90. The fourth-order valence-electron chi connectivity index (χ4n) is 3.23. The van der Waals surface area contributed by atoms with Crippen molar-refractivity contribution in [2.75, 3.05) is 17.1 Å². The number of amides is 2. The highest BCUT2D eigenvalue weighted by Gasteiger charge is 2.32. The molecule has 186 valence electrons. The van der Waals surface area contributed by atoms with Crippen molar-refractivity contribution >= 4 is 50.7 Å². The molecule has 7 nitrogen and oxygen atoms in total. The van der Waals surface area contributed by atoms with Gasteiger partial charge in [0.15, 0.2) is 0 Å². The van der Waals surface area contributed by atoms with Crippen LogP contribution in [0.2, 0.25) is 10.0 Å². The van der Waals surface area contributed by atoms with E-state index >= 15 is 0 Å². The fourth-order valence-corrected chi connectivity index (χ4v) is 4.53. The molecule has 10 heteroatoms. The number of nitrogens with zero attached hydrogens (tertiary/aromatic N) is 2. The minimum absolute atomic E-state index is 0.0194. The third-order valence-electron chi connectivity index (χ3n) is 5.02. The summed E-state index contributed by atoms with van der Waals surface area (Å²) < 4.78 is 26.1. The number of sulfonamides is 1. The van der Waals surface area contributed by atoms with Crippen LogP contribution in [0, 0.1) is 6.92 Å². The molecule has 2 rings (SSSR count). The standard InChI is InChI=1S/C24H31Cl2N3O4S/c1-16-10-12-18(13-11-16)14-28(17(2)23(31)27-24(3,4)5)21(30)15-29(34(6,32)33)20-9-7-8-19(25)22(20)26/h7-13,17H,14-15H2,1-6H3,(H,27,31)/t17-/m0/s1. The summed E-state index contributed by atoms with van der Waals surface area (Å²) in [5.74, 6) is -0.904. The Morgan fingerprint density at radius 1 is 1.06 bits per heavy atom. The quantitative estimate of drug-likeness (QED) is 0.551. The molecular weight excluding hydrogens is 497 g/mol. The van der Waals surface area contributed by atoms with Gasteiger partial charge in [-0.15, -0.1) is 0 Å². The van der Waals surface area contributed by atoms with E-state index in [1.54, 1.807) is 13.0 Å². The van der Waals surface area contributed by atoms with E-state index in [0.29, 0.717) is 0 Å². The second kappa shape index (κ2) is 11.0. The Kier molecular flexibility index (Phi) is 9.02. The first kappa shape index (κ1) is 28.0. The fraction of sp³-hybridized carbons (Fsp3) is 0.417. The third-order valence-corrected chi connectivity index (χ3v) is 6.95. The maximum Gasteiger partial charge on any atom is 0.244 e. The Labute approximate surface area is 212 Å². The molecule has 0 aliphatic rings. The van der Waals surface area contributed by atoms with E-state index < -0.39 is 34.1 Å². The molecule has 34 heavy (non-hydrogen) atoms. The van der Waals surface area contributed by atoms with Crippen molar-refractivity contribution in [2.24, 2.45) is 0 Å². The highest BCUT2D eigenvalue weighted by atomic mass is 35.5. The number of anilines is 1. The number of nitrogens with one attached hydrogen (secondary N) is 1. The number of benzene rings is 2. The predicted molar refractivity (Wildman–Crippen MR) is 138 cm³/mol. The average molecular weight is 529 g/mol. The number of hydrogen-bond acceptors (Lipinski definition) is 4. The van der Waals surface area contributed by atoms with Crippen molar-refractivity contribution < 1.29 is 18.0 Å². The van der Waals surface area contributed by atoms with Crippen molar-refractivity contribution in [3.8, 4) is 0 Å². The summed E-state index contributed by atoms with van der Waals surface area (Å²) in [6.07, 6.45) is 0.984. The van der Waals surface area contributed by atoms with Gasteiger partial charge < -0.3 is 10.2 Å². The molecule has 0 aliphatic carbocycles. The van der Waals surface area contributed by atoms with Gasteiger partial charge in [-0.05, 0) is 52.3 Å². The second-order valence-electron chi connectivity index (χ2n) is 9.27. The number of aryl methyl sites for hydroxylation is 1. The highest BCUT2D eigenvalue weighted by Crippen LogP contribution is 2.33. The number of carbonyl (C=O) groups excluding carboxylic acids is 2. The van der Waals surface area contributed by atoms with E-state index in [2.05, 4.69) is 5.32 Å². The van der Waals surface area contributed by atoms with Crippen LogP contribution >= 0.6 is 23.2 Å². The van der Waals surface area contributed by atoms with Gasteiger partial charge in [0.25, 0.3) is 0 Å². The van der Waals surface area contributed by atoms with Crippen molar-refractivity contribution in [3.63, 3.8) is 0 Å². The summed E-state index contributed by atoms with van der Waals surface area (Å²) in [5, 5.41) is 3.06. The molecule has 2 aromatic carbocycles. The van der Waals surface area contributed by atoms with Gasteiger partial charge >= 0.3 is 0 Å². The van der Waals surface area contributed by atoms with Crippen molar-refractivity contribution in [1.82, 2.24) is 10.2 Å². The first-order valence-electron chi connectivity index (χ1n) is 10.7. The molecule has 1 N–H and O–H groups in total. The van der Waals surface area contributed by atoms with Gasteiger partial charge in [0, 0.05) is 12.1 Å². The second-order valence-corrected chi connectivity index (χ2v) is 12.0. The topological polar surface area (TPSA) is 86.8 Å². The summed E-state index contributed by atoms with van der Waals surface area (Å²) >= 11 is 12.3. The normalized spacial score (nSPS) is 12.7. The summed E-state index contributed by atoms with van der Waals surface area (Å²) in [7, 11) is -3.90. The van der Waals surface area contributed by atoms with E-state index in [1.165, 1.54) is 17.0 Å². The molecule has 2 aromatic rings. The van der Waals surface area contributed by atoms with Crippen LogP contribution < -0.4 is 9.62 Å². The lowest BCUT2D eigenvalue weighted by Crippen LogP contribution is -2.54. The van der Waals surface area contributed by atoms with Gasteiger partial charge in [0.05, 0.1) is 22.0 Å². The average Bonchev–Trinajstić information content (AvgIpc) is 2.71. The zero-order valence-electron chi connectivity index (χ0n) is 20.2. The van der Waals surface area contributed by atoms with Crippen molar-refractivity contribution in [3.05, 3.63) is 63.6 Å². The molecule has 0 heterocycles. The molecule has 0 fully saturated rings. The number of hydrogen-bond donors (Lipinski definition) is 1. The number of rotatable bonds is 8. The van der Waals surface area contributed by atoms with Crippen LogP contribution in [0.3, 0.4) is 0 Å². The van der Waals surface area contributed by atoms with Crippen LogP contribution in [0.25, 0.3) is 0 Å². The highest BCUT2D eigenvalue weighted by molar-refractivity contribution is 7.92. The van der Waals surface area contributed by atoms with Crippen molar-refractivity contribution in [2.45, 2.75) is 52.7 Å². The van der Waals surface area contributed by atoms with Gasteiger partial charge in [-0.2, -0.15) is 0 Å². The van der Waals surface area contributed by atoms with E-state index in [4.69, 9.17) is 23.2 Å². The summed E-state index contributed by atoms with van der Waals surface area (Å²) in [4.78, 5) is 27.8. The van der Waals surface area contributed by atoms with E-state index in [1.807, 2.05) is 52.0 Å². The van der Waals surface area contributed by atoms with E-state index in [-0.39, 0.29) is 28.2 Å². The van der Waals surface area contributed by atoms with E-state index in [0.717, 1.165) is 21.7 Å². The Balaban J connectivity index is 2.44. The third kappa shape index (κ3) is 7.61. The lowest BCUT2D eigenvalue weighted by Gasteiger charge is -2.33. The van der Waals surface area contributed by atoms with Gasteiger partial charge in [-0.1, -0.05) is 59.1 Å². The Bertz CT molecular complexity index is 1150. The molecule has 0 spiro atoms. The SMILES string of the molecule is Cc1ccc(CN(C(=O)CN(c2cccc(Cl)c2Cl)S(C)(=O)=O)[C@@H](C)C(=O)NC(C)(C)C)cc1. The lowest BCUT2D eigenvalue weighted by atomic mass is 10.1. The molecule has 1 atom stereocenters. The Morgan fingerprint density at radius 2 is 1.65 bits per heavy atom. The predicted octanol–water partition coefficient (Wildman–Crippen LogP) is 4.40. The largest absolute Gasteiger partial charge is 0.350 e. The Hall–Kier alpha value is -2.29. The molecule has 0 saturated carbocycles. The molecule has 0 aliphatic heterocycles. The van der Waals surface area contributed by atoms with Crippen LogP contribution in [0.5, 0.6) is 0 Å². The summed E-state index contributed by atoms with van der Waals surface area (Å²) in [5.41, 5.74) is 1.45. The van der Waals surface area contributed by atoms with Crippen LogP contribution in [0.15, 0.2) is 42.5 Å². The smallest absolute Gasteiger partial charge is 0.244 e. The van der Waals surface area contributed by atoms with Gasteiger partial charge in [0.1, 0.15) is 12.6 Å². The Morgan fingerprint density at radius 3 is 2.18 bits per heavy atom. The molecule has 2 amide bonds. The monoisotopic (exact) mass is 527 g/mol.